The standard InChI is InChI=1S/C32H37N5O3/c1-36-17-14-28(35-36)30-27-13-12-26(40-25-15-18-39-19-16-25)20-29(27)37(24-6-3-7-24)31(30)21-8-10-23(11-9-21)34-32(38)33-22-4-2-5-22/h8-14,17,20,22,24-25H,2-7,15-16,18-19H2,1H3,(H2,33,34,38). The van der Waals surface area contributed by atoms with E-state index in [0.29, 0.717) is 12.1 Å². The number of amides is 2. The third kappa shape index (κ3) is 4.85. The van der Waals surface area contributed by atoms with Crippen LogP contribution in [0.25, 0.3) is 33.4 Å². The van der Waals surface area contributed by atoms with Crippen molar-refractivity contribution >= 4 is 22.6 Å². The number of benzene rings is 2. The fourth-order valence-corrected chi connectivity index (χ4v) is 6.08. The first-order valence-electron chi connectivity index (χ1n) is 14.7. The maximum Gasteiger partial charge on any atom is 0.319 e. The minimum Gasteiger partial charge on any atom is -0.490 e. The van der Waals surface area contributed by atoms with Crippen LogP contribution < -0.4 is 15.4 Å². The van der Waals surface area contributed by atoms with E-state index in [1.807, 2.05) is 30.1 Å². The largest absolute Gasteiger partial charge is 0.490 e. The van der Waals surface area contributed by atoms with Crippen LogP contribution in [-0.2, 0) is 11.8 Å². The third-order valence-corrected chi connectivity index (χ3v) is 8.71. The number of carbonyl (C=O) groups is 1. The van der Waals surface area contributed by atoms with Crippen LogP contribution in [0, 0.1) is 0 Å². The number of urea groups is 1. The molecule has 7 rings (SSSR count). The van der Waals surface area contributed by atoms with E-state index in [1.54, 1.807) is 0 Å². The molecule has 2 aromatic carbocycles. The van der Waals surface area contributed by atoms with Crippen molar-refractivity contribution in [1.29, 1.82) is 0 Å². The molecule has 40 heavy (non-hydrogen) atoms. The topological polar surface area (TPSA) is 82.3 Å². The number of nitrogens with one attached hydrogen (secondary N) is 2. The number of carbonyl (C=O) groups excluding carboxylic acids is 1. The Bertz CT molecular complexity index is 1510. The molecule has 2 amide bonds. The third-order valence-electron chi connectivity index (χ3n) is 8.71. The molecule has 8 nitrogen and oxygen atoms in total. The fourth-order valence-electron chi connectivity index (χ4n) is 6.08. The molecular formula is C32H37N5O3. The second-order valence-corrected chi connectivity index (χ2v) is 11.5. The smallest absolute Gasteiger partial charge is 0.319 e. The van der Waals surface area contributed by atoms with Gasteiger partial charge in [-0.05, 0) is 74.4 Å². The van der Waals surface area contributed by atoms with Crippen molar-refractivity contribution in [2.75, 3.05) is 18.5 Å². The van der Waals surface area contributed by atoms with Gasteiger partial charge in [0.25, 0.3) is 0 Å². The van der Waals surface area contributed by atoms with Gasteiger partial charge < -0.3 is 24.7 Å². The molecule has 4 aromatic rings. The van der Waals surface area contributed by atoms with Gasteiger partial charge in [0, 0.05) is 60.9 Å². The van der Waals surface area contributed by atoms with Gasteiger partial charge in [-0.3, -0.25) is 4.68 Å². The van der Waals surface area contributed by atoms with Gasteiger partial charge >= 0.3 is 6.03 Å². The summed E-state index contributed by atoms with van der Waals surface area (Å²) in [6.45, 7) is 1.51. The second kappa shape index (κ2) is 10.7. The molecule has 3 fully saturated rings. The van der Waals surface area contributed by atoms with Crippen LogP contribution in [0.2, 0.25) is 0 Å². The van der Waals surface area contributed by atoms with E-state index in [0.717, 1.165) is 80.0 Å². The molecule has 8 heteroatoms. The summed E-state index contributed by atoms with van der Waals surface area (Å²) in [5.74, 6) is 0.911. The minimum atomic E-state index is -0.132. The highest BCUT2D eigenvalue weighted by molar-refractivity contribution is 6.04. The first kappa shape index (κ1) is 25.2. The van der Waals surface area contributed by atoms with Crippen LogP contribution >= 0.6 is 0 Å². The Hall–Kier alpha value is -3.78. The van der Waals surface area contributed by atoms with E-state index >= 15 is 0 Å². The Morgan fingerprint density at radius 2 is 1.75 bits per heavy atom. The molecule has 2 aromatic heterocycles. The van der Waals surface area contributed by atoms with Crippen molar-refractivity contribution in [2.45, 2.75) is 69.6 Å². The van der Waals surface area contributed by atoms with Crippen molar-refractivity contribution < 1.29 is 14.3 Å². The fraction of sp³-hybridized carbons (Fsp3) is 0.438. The SMILES string of the molecule is Cn1ccc(-c2c(-c3ccc(NC(=O)NC4CCC4)cc3)n(C3CCC3)c3cc(OC4CCOCC4)ccc23)n1. The van der Waals surface area contributed by atoms with Gasteiger partial charge in [-0.15, -0.1) is 0 Å². The van der Waals surface area contributed by atoms with Gasteiger partial charge in [-0.25, -0.2) is 4.79 Å². The molecular weight excluding hydrogens is 502 g/mol. The predicted molar refractivity (Wildman–Crippen MR) is 157 cm³/mol. The van der Waals surface area contributed by atoms with Gasteiger partial charge in [-0.1, -0.05) is 12.1 Å². The summed E-state index contributed by atoms with van der Waals surface area (Å²) >= 11 is 0. The van der Waals surface area contributed by atoms with E-state index in [4.69, 9.17) is 14.6 Å². The highest BCUT2D eigenvalue weighted by atomic mass is 16.5. The molecule has 1 saturated heterocycles. The highest BCUT2D eigenvalue weighted by Crippen LogP contribution is 2.47. The number of ether oxygens (including phenoxy) is 2. The zero-order chi connectivity index (χ0) is 27.1. The zero-order valence-corrected chi connectivity index (χ0v) is 23.1. The molecule has 0 atom stereocenters. The number of aryl methyl sites for hydroxylation is 1. The number of anilines is 1. The van der Waals surface area contributed by atoms with Gasteiger partial charge in [0.2, 0.25) is 0 Å². The van der Waals surface area contributed by atoms with Gasteiger partial charge in [0.05, 0.1) is 30.1 Å². The number of rotatable bonds is 7. The molecule has 0 unspecified atom stereocenters. The second-order valence-electron chi connectivity index (χ2n) is 11.5. The lowest BCUT2D eigenvalue weighted by Gasteiger charge is -2.30. The molecule has 3 aliphatic rings. The lowest BCUT2D eigenvalue weighted by atomic mass is 9.92. The lowest BCUT2D eigenvalue weighted by molar-refractivity contribution is 0.0256. The van der Waals surface area contributed by atoms with Crippen molar-refractivity contribution in [3.8, 4) is 28.3 Å². The van der Waals surface area contributed by atoms with E-state index in [1.165, 1.54) is 29.4 Å². The number of fused-ring (bicyclic) bond motifs is 1. The summed E-state index contributed by atoms with van der Waals surface area (Å²) in [4.78, 5) is 12.4. The average molecular weight is 540 g/mol. The first-order valence-corrected chi connectivity index (χ1v) is 14.7. The number of aromatic nitrogens is 3. The van der Waals surface area contributed by atoms with Crippen LogP contribution in [0.5, 0.6) is 5.75 Å². The summed E-state index contributed by atoms with van der Waals surface area (Å²) in [6.07, 6.45) is 10.9. The minimum absolute atomic E-state index is 0.132. The molecule has 2 saturated carbocycles. The monoisotopic (exact) mass is 539 g/mol. The maximum atomic E-state index is 12.4. The van der Waals surface area contributed by atoms with Crippen molar-refractivity contribution in [3.63, 3.8) is 0 Å². The van der Waals surface area contributed by atoms with Crippen molar-refractivity contribution in [2.24, 2.45) is 7.05 Å². The summed E-state index contributed by atoms with van der Waals surface area (Å²) in [7, 11) is 1.96. The summed E-state index contributed by atoms with van der Waals surface area (Å²) in [5.41, 5.74) is 6.36. The molecule has 0 radical (unpaired) electrons. The van der Waals surface area contributed by atoms with Crippen LogP contribution in [0.4, 0.5) is 10.5 Å². The molecule has 0 spiro atoms. The Labute approximate surface area is 234 Å². The molecule has 3 heterocycles. The quantitative estimate of drug-likeness (QED) is 0.275. The normalized spacial score (nSPS) is 18.3. The van der Waals surface area contributed by atoms with E-state index in [2.05, 4.69) is 51.6 Å². The van der Waals surface area contributed by atoms with E-state index < -0.39 is 0 Å². The molecule has 2 N–H and O–H groups in total. The van der Waals surface area contributed by atoms with Gasteiger partial charge in [-0.2, -0.15) is 5.10 Å². The Morgan fingerprint density at radius 3 is 2.40 bits per heavy atom. The van der Waals surface area contributed by atoms with Crippen LogP contribution in [-0.4, -0.2) is 45.7 Å². The van der Waals surface area contributed by atoms with Crippen LogP contribution in [0.3, 0.4) is 0 Å². The number of hydrogen-bond acceptors (Lipinski definition) is 4. The Balaban J connectivity index is 1.29. The lowest BCUT2D eigenvalue weighted by Crippen LogP contribution is -2.41. The number of hydrogen-bond donors (Lipinski definition) is 2. The Kier molecular flexibility index (Phi) is 6.71. The molecule has 208 valence electrons. The van der Waals surface area contributed by atoms with Crippen molar-refractivity contribution in [1.82, 2.24) is 19.7 Å². The van der Waals surface area contributed by atoms with Crippen LogP contribution in [0.15, 0.2) is 54.7 Å². The zero-order valence-electron chi connectivity index (χ0n) is 23.1. The number of nitrogens with zero attached hydrogens (tertiary/aromatic N) is 3. The van der Waals surface area contributed by atoms with Crippen molar-refractivity contribution in [3.05, 3.63) is 54.7 Å². The van der Waals surface area contributed by atoms with Crippen LogP contribution in [0.1, 0.15) is 57.4 Å². The first-order chi connectivity index (χ1) is 19.6. The predicted octanol–water partition coefficient (Wildman–Crippen LogP) is 6.67. The highest BCUT2D eigenvalue weighted by Gasteiger charge is 2.29. The van der Waals surface area contributed by atoms with E-state index in [-0.39, 0.29) is 12.1 Å². The summed E-state index contributed by atoms with van der Waals surface area (Å²) < 4.78 is 16.4. The molecule has 0 bridgehead atoms. The molecule has 2 aliphatic carbocycles. The maximum absolute atomic E-state index is 12.4. The average Bonchev–Trinajstić information content (AvgIpc) is 3.47. The van der Waals surface area contributed by atoms with Gasteiger partial charge in [0.1, 0.15) is 11.9 Å². The summed E-state index contributed by atoms with van der Waals surface area (Å²) in [6, 6.07) is 17.5. The molecule has 1 aliphatic heterocycles. The Morgan fingerprint density at radius 1 is 0.975 bits per heavy atom. The van der Waals surface area contributed by atoms with Gasteiger partial charge in [0.15, 0.2) is 0 Å². The summed E-state index contributed by atoms with van der Waals surface area (Å²) in [5, 5.41) is 12.1. The van der Waals surface area contributed by atoms with E-state index in [9.17, 15) is 4.79 Å².